The van der Waals surface area contributed by atoms with Gasteiger partial charge in [0.05, 0.1) is 28.3 Å². The van der Waals surface area contributed by atoms with Crippen LogP contribution in [0, 0.1) is 18.3 Å². The smallest absolute Gasteiger partial charge is 0.429 e. The molecule has 2 atom stereocenters. The van der Waals surface area contributed by atoms with E-state index >= 15 is 0 Å². The van der Waals surface area contributed by atoms with E-state index in [-0.39, 0.29) is 45.6 Å². The molecule has 2 rings (SSSR count). The number of aryl methyl sites for hydroxylation is 1. The first-order valence-corrected chi connectivity index (χ1v) is 11.8. The number of rotatable bonds is 10. The summed E-state index contributed by atoms with van der Waals surface area (Å²) in [6.45, 7) is 1.73. The maximum absolute atomic E-state index is 13.3. The van der Waals surface area contributed by atoms with Crippen LogP contribution in [-0.4, -0.2) is 57.8 Å². The predicted octanol–water partition coefficient (Wildman–Crippen LogP) is 1.12. The number of nitriles is 1. The van der Waals surface area contributed by atoms with Gasteiger partial charge in [0.15, 0.2) is 0 Å². The summed E-state index contributed by atoms with van der Waals surface area (Å²) in [4.78, 5) is 49.9. The number of aromatic nitrogens is 2. The zero-order chi connectivity index (χ0) is 27.9. The van der Waals surface area contributed by atoms with Crippen LogP contribution < -0.4 is 27.6 Å². The molecule has 0 bridgehead atoms. The van der Waals surface area contributed by atoms with Crippen LogP contribution in [0.4, 0.5) is 10.5 Å². The number of alkyl halides is 1. The summed E-state index contributed by atoms with van der Waals surface area (Å²) in [5.74, 6) is -3.64. The van der Waals surface area contributed by atoms with Crippen LogP contribution in [0.25, 0.3) is 0 Å². The molecule has 198 valence electrons. The number of benzene rings is 1. The molecule has 8 N–H and O–H groups in total. The number of nitrogens with zero attached hydrogens (tertiary/aromatic N) is 3. The highest BCUT2D eigenvalue weighted by Gasteiger charge is 2.46. The van der Waals surface area contributed by atoms with E-state index in [9.17, 15) is 29.5 Å². The molecule has 0 fully saturated rings. The highest BCUT2D eigenvalue weighted by Crippen LogP contribution is 2.29. The molecule has 1 aromatic heterocycles. The van der Waals surface area contributed by atoms with Crippen molar-refractivity contribution in [2.45, 2.75) is 30.8 Å². The molecule has 1 heterocycles. The molecule has 16 heteroatoms. The molecule has 0 aliphatic rings. The zero-order valence-electron chi connectivity index (χ0n) is 19.7. The molecular weight excluding hydrogens is 576 g/mol. The maximum atomic E-state index is 13.3. The number of carboxylic acids is 1. The van der Waals surface area contributed by atoms with E-state index < -0.39 is 35.0 Å². The fraction of sp³-hybridized carbons (Fsp3) is 0.333. The number of nitrogens with one attached hydrogen (secondary N) is 3. The normalized spacial score (nSPS) is 13.1. The Morgan fingerprint density at radius 3 is 2.59 bits per heavy atom. The molecule has 0 saturated carbocycles. The number of halogens is 2. The quantitative estimate of drug-likeness (QED) is 0.0981. The molecule has 2 amide bonds. The fourth-order valence-electron chi connectivity index (χ4n) is 3.29. The lowest BCUT2D eigenvalue weighted by Crippen LogP contribution is -2.58. The van der Waals surface area contributed by atoms with Gasteiger partial charge in [-0.1, -0.05) is 0 Å². The Labute approximate surface area is 224 Å². The van der Waals surface area contributed by atoms with Gasteiger partial charge in [-0.3, -0.25) is 16.0 Å². The topological polar surface area (TPSA) is 227 Å². The summed E-state index contributed by atoms with van der Waals surface area (Å²) < 4.78 is 5.52. The Hall–Kier alpha value is -3.55. The second kappa shape index (κ2) is 12.6. The van der Waals surface area contributed by atoms with Gasteiger partial charge in [-0.2, -0.15) is 10.4 Å². The lowest BCUT2D eigenvalue weighted by atomic mass is 10.0. The van der Waals surface area contributed by atoms with Crippen LogP contribution >= 0.6 is 27.5 Å². The van der Waals surface area contributed by atoms with Crippen LogP contribution in [0.2, 0.25) is 0 Å². The molecule has 2 aromatic rings. The Morgan fingerprint density at radius 1 is 1.35 bits per heavy atom. The molecule has 0 aliphatic carbocycles. The number of hydrogen-bond acceptors (Lipinski definition) is 10. The van der Waals surface area contributed by atoms with Crippen molar-refractivity contribution in [1.82, 2.24) is 20.6 Å². The first-order chi connectivity index (χ1) is 17.4. The van der Waals surface area contributed by atoms with E-state index in [0.29, 0.717) is 6.42 Å². The number of esters is 1. The monoisotopic (exact) mass is 598 g/mol. The number of hydrogen-bond donors (Lipinski definition) is 6. The first kappa shape index (κ1) is 29.7. The minimum atomic E-state index is -2.35. The Balaban J connectivity index is 2.56. The zero-order valence-corrected chi connectivity index (χ0v) is 22.0. The van der Waals surface area contributed by atoms with E-state index in [4.69, 9.17) is 23.1 Å². The second-order valence-corrected chi connectivity index (χ2v) is 8.97. The minimum Gasteiger partial charge on any atom is -0.478 e. The van der Waals surface area contributed by atoms with Crippen LogP contribution in [0.3, 0.4) is 0 Å². The minimum absolute atomic E-state index is 0.0565. The van der Waals surface area contributed by atoms with Crippen LogP contribution in [-0.2, 0) is 15.2 Å². The average molecular weight is 600 g/mol. The van der Waals surface area contributed by atoms with Gasteiger partial charge in [-0.25, -0.2) is 24.5 Å². The standard InChI is InChI=1S/C21H24BrClN8O6/c1-10-6-11(9-25)7-12(18(33)37-20(36)29-27-2)16(10)28-17(32)13-8-15(22)30-31(13)21(26,19(34)35)14(23)4-3-5-24/h6-8,14,27H,3-5,24,26H2,1-2H3,(H,28,32)(H,29,36)(H,34,35)/t14?,21-/m1/s1. The summed E-state index contributed by atoms with van der Waals surface area (Å²) >= 11 is 9.45. The van der Waals surface area contributed by atoms with E-state index in [2.05, 4.69) is 36.5 Å². The summed E-state index contributed by atoms with van der Waals surface area (Å²) in [5.41, 5.74) is 13.3. The maximum Gasteiger partial charge on any atom is 0.429 e. The molecular formula is C21H24BrClN8O6. The lowest BCUT2D eigenvalue weighted by molar-refractivity contribution is -0.148. The molecule has 37 heavy (non-hydrogen) atoms. The number of ether oxygens (including phenoxy) is 1. The molecule has 0 aliphatic heterocycles. The number of carboxylic acid groups (broad SMARTS) is 1. The van der Waals surface area contributed by atoms with E-state index in [0.717, 1.165) is 10.7 Å². The average Bonchev–Trinajstić information content (AvgIpc) is 3.24. The van der Waals surface area contributed by atoms with Gasteiger partial charge >= 0.3 is 18.0 Å². The molecule has 0 radical (unpaired) electrons. The van der Waals surface area contributed by atoms with Crippen LogP contribution in [0.1, 0.15) is 44.8 Å². The van der Waals surface area contributed by atoms with Crippen molar-refractivity contribution in [1.29, 1.82) is 5.26 Å². The molecule has 14 nitrogen and oxygen atoms in total. The van der Waals surface area contributed by atoms with E-state index in [1.165, 1.54) is 26.1 Å². The number of carbonyl (C=O) groups is 4. The highest BCUT2D eigenvalue weighted by atomic mass is 79.9. The summed E-state index contributed by atoms with van der Waals surface area (Å²) in [6.07, 6.45) is -0.660. The number of anilines is 1. The number of amides is 2. The van der Waals surface area contributed by atoms with Crippen LogP contribution in [0.5, 0.6) is 0 Å². The summed E-state index contributed by atoms with van der Waals surface area (Å²) in [7, 11) is 1.37. The summed E-state index contributed by atoms with van der Waals surface area (Å²) in [6, 6.07) is 5.59. The Kier molecular flexibility index (Phi) is 10.1. The summed E-state index contributed by atoms with van der Waals surface area (Å²) in [5, 5.41) is 24.5. The van der Waals surface area contributed by atoms with Crippen molar-refractivity contribution in [3.8, 4) is 6.07 Å². The van der Waals surface area contributed by atoms with Gasteiger partial charge in [-0.15, -0.1) is 11.6 Å². The first-order valence-electron chi connectivity index (χ1n) is 10.6. The van der Waals surface area contributed by atoms with Crippen molar-refractivity contribution in [2.24, 2.45) is 11.5 Å². The van der Waals surface area contributed by atoms with Crippen molar-refractivity contribution in [2.75, 3.05) is 18.9 Å². The Bertz CT molecular complexity index is 1260. The van der Waals surface area contributed by atoms with Gasteiger partial charge in [-0.05, 0) is 59.9 Å². The third-order valence-electron chi connectivity index (χ3n) is 5.08. The number of nitrogens with two attached hydrogens (primary N) is 2. The SMILES string of the molecule is CNNC(=O)OC(=O)c1cc(C#N)cc(C)c1NC(=O)c1cc(Br)nn1[C@@](N)(C(=O)O)C(Cl)CCCN. The molecule has 1 unspecified atom stereocenters. The van der Waals surface area contributed by atoms with Crippen LogP contribution in [0.15, 0.2) is 22.8 Å². The number of hydrazine groups is 1. The third-order valence-corrected chi connectivity index (χ3v) is 6.02. The van der Waals surface area contributed by atoms with Gasteiger partial charge < -0.3 is 20.9 Å². The molecule has 1 aromatic carbocycles. The number of carbonyl (C=O) groups excluding carboxylic acids is 3. The number of aliphatic carboxylic acids is 1. The van der Waals surface area contributed by atoms with Crippen molar-refractivity contribution in [3.63, 3.8) is 0 Å². The van der Waals surface area contributed by atoms with Gasteiger partial charge in [0, 0.05) is 13.1 Å². The van der Waals surface area contributed by atoms with Gasteiger partial charge in [0.1, 0.15) is 10.3 Å². The van der Waals surface area contributed by atoms with E-state index in [1.54, 1.807) is 0 Å². The van der Waals surface area contributed by atoms with E-state index in [1.807, 2.05) is 11.5 Å². The van der Waals surface area contributed by atoms with Crippen molar-refractivity contribution < 1.29 is 29.0 Å². The molecule has 0 spiro atoms. The molecule has 0 saturated heterocycles. The highest BCUT2D eigenvalue weighted by molar-refractivity contribution is 9.10. The largest absolute Gasteiger partial charge is 0.478 e. The fourth-order valence-corrected chi connectivity index (χ4v) is 4.01. The van der Waals surface area contributed by atoms with Gasteiger partial charge in [0.2, 0.25) is 5.66 Å². The Morgan fingerprint density at radius 2 is 2.03 bits per heavy atom. The van der Waals surface area contributed by atoms with Crippen molar-refractivity contribution >= 4 is 57.2 Å². The lowest BCUT2D eigenvalue weighted by Gasteiger charge is -2.31. The third kappa shape index (κ3) is 6.61. The van der Waals surface area contributed by atoms with Gasteiger partial charge in [0.25, 0.3) is 5.91 Å². The second-order valence-electron chi connectivity index (χ2n) is 7.63. The predicted molar refractivity (Wildman–Crippen MR) is 135 cm³/mol. The van der Waals surface area contributed by atoms with Crippen molar-refractivity contribution in [3.05, 3.63) is 45.2 Å².